The quantitative estimate of drug-likeness (QED) is 0.788. The molecule has 2 unspecified atom stereocenters. The molecule has 2 atom stereocenters. The molecule has 0 bridgehead atoms. The van der Waals surface area contributed by atoms with Gasteiger partial charge in [-0.25, -0.2) is 0 Å². The third-order valence-corrected chi connectivity index (χ3v) is 3.86. The lowest BCUT2D eigenvalue weighted by Crippen LogP contribution is -2.21. The summed E-state index contributed by atoms with van der Waals surface area (Å²) < 4.78 is 0. The molecule has 1 aromatic carbocycles. The smallest absolute Gasteiger partial charge is 0.189 e. The zero-order valence-corrected chi connectivity index (χ0v) is 11.7. The number of benzene rings is 1. The Morgan fingerprint density at radius 1 is 1.35 bits per heavy atom. The van der Waals surface area contributed by atoms with E-state index in [1.165, 1.54) is 13.0 Å². The summed E-state index contributed by atoms with van der Waals surface area (Å²) in [5.74, 6) is 0.111. The standard InChI is InChI=1S/C14H15NO4S/c1-8(16)20-7-13(18)14(19)9-2-3-11-10(6-9)12(17)4-5-15-11/h2-6,13-14,18-19H,7H2,1H3,(H,15,17). The van der Waals surface area contributed by atoms with Crippen molar-refractivity contribution in [1.82, 2.24) is 4.98 Å². The summed E-state index contributed by atoms with van der Waals surface area (Å²) in [5.41, 5.74) is 0.965. The van der Waals surface area contributed by atoms with E-state index in [1.54, 1.807) is 24.4 Å². The maximum absolute atomic E-state index is 11.7. The van der Waals surface area contributed by atoms with E-state index in [0.29, 0.717) is 16.5 Å². The van der Waals surface area contributed by atoms with E-state index < -0.39 is 12.2 Å². The van der Waals surface area contributed by atoms with Gasteiger partial charge in [0.15, 0.2) is 10.5 Å². The first kappa shape index (κ1) is 14.8. The van der Waals surface area contributed by atoms with E-state index in [2.05, 4.69) is 4.98 Å². The first-order valence-electron chi connectivity index (χ1n) is 6.10. The molecule has 5 nitrogen and oxygen atoms in total. The Hall–Kier alpha value is -1.63. The molecule has 20 heavy (non-hydrogen) atoms. The van der Waals surface area contributed by atoms with Crippen molar-refractivity contribution < 1.29 is 15.0 Å². The van der Waals surface area contributed by atoms with Crippen molar-refractivity contribution in [3.05, 3.63) is 46.2 Å². The Labute approximate surface area is 119 Å². The largest absolute Gasteiger partial charge is 0.389 e. The summed E-state index contributed by atoms with van der Waals surface area (Å²) in [6.07, 6.45) is -0.644. The van der Waals surface area contributed by atoms with Crippen LogP contribution in [0.15, 0.2) is 35.3 Å². The molecule has 1 aromatic heterocycles. The molecule has 0 aliphatic heterocycles. The summed E-state index contributed by atoms with van der Waals surface area (Å²) in [7, 11) is 0. The normalized spacial score (nSPS) is 14.2. The molecule has 1 heterocycles. The highest BCUT2D eigenvalue weighted by Gasteiger charge is 2.19. The number of thioether (sulfide) groups is 1. The third-order valence-electron chi connectivity index (χ3n) is 2.95. The highest BCUT2D eigenvalue weighted by Crippen LogP contribution is 2.22. The molecular formula is C14H15NO4S. The molecular weight excluding hydrogens is 278 g/mol. The van der Waals surface area contributed by atoms with E-state index in [9.17, 15) is 19.8 Å². The fraction of sp³-hybridized carbons (Fsp3) is 0.286. The highest BCUT2D eigenvalue weighted by atomic mass is 32.2. The molecule has 2 aromatic rings. The van der Waals surface area contributed by atoms with Crippen LogP contribution in [0.25, 0.3) is 10.9 Å². The van der Waals surface area contributed by atoms with E-state index in [1.807, 2.05) is 0 Å². The number of pyridine rings is 1. The van der Waals surface area contributed by atoms with Crippen LogP contribution in [0.5, 0.6) is 0 Å². The van der Waals surface area contributed by atoms with Crippen molar-refractivity contribution >= 4 is 27.8 Å². The minimum absolute atomic E-state index is 0.111. The molecule has 6 heteroatoms. The molecule has 0 fully saturated rings. The van der Waals surface area contributed by atoms with Crippen molar-refractivity contribution in [2.75, 3.05) is 5.75 Å². The molecule has 0 spiro atoms. The van der Waals surface area contributed by atoms with E-state index in [0.717, 1.165) is 11.8 Å². The Morgan fingerprint density at radius 2 is 2.10 bits per heavy atom. The SMILES string of the molecule is CC(=O)SCC(O)C(O)c1ccc2[nH]ccc(=O)c2c1. The zero-order chi connectivity index (χ0) is 14.7. The molecule has 106 valence electrons. The fourth-order valence-corrected chi connectivity index (χ4v) is 2.48. The van der Waals surface area contributed by atoms with E-state index in [-0.39, 0.29) is 16.3 Å². The van der Waals surface area contributed by atoms with Crippen LogP contribution >= 0.6 is 11.8 Å². The molecule has 0 amide bonds. The van der Waals surface area contributed by atoms with Crippen LogP contribution in [0.3, 0.4) is 0 Å². The lowest BCUT2D eigenvalue weighted by atomic mass is 10.0. The van der Waals surface area contributed by atoms with Crippen molar-refractivity contribution in [1.29, 1.82) is 0 Å². The number of rotatable bonds is 4. The minimum Gasteiger partial charge on any atom is -0.389 e. The van der Waals surface area contributed by atoms with Crippen LogP contribution in [0.4, 0.5) is 0 Å². The number of carbonyl (C=O) groups excluding carboxylic acids is 1. The van der Waals surface area contributed by atoms with Gasteiger partial charge in [0.25, 0.3) is 0 Å². The topological polar surface area (TPSA) is 90.4 Å². The second kappa shape index (κ2) is 6.21. The number of aromatic nitrogens is 1. The summed E-state index contributed by atoms with van der Waals surface area (Å²) in [5, 5.41) is 20.3. The summed E-state index contributed by atoms with van der Waals surface area (Å²) in [6.45, 7) is 1.40. The van der Waals surface area contributed by atoms with Crippen LogP contribution in [0.1, 0.15) is 18.6 Å². The van der Waals surface area contributed by atoms with Gasteiger partial charge in [-0.3, -0.25) is 9.59 Å². The first-order chi connectivity index (χ1) is 9.49. The van der Waals surface area contributed by atoms with Gasteiger partial charge in [0, 0.05) is 35.8 Å². The number of aliphatic hydroxyl groups excluding tert-OH is 2. The van der Waals surface area contributed by atoms with Gasteiger partial charge in [-0.2, -0.15) is 0 Å². The first-order valence-corrected chi connectivity index (χ1v) is 7.08. The molecule has 3 N–H and O–H groups in total. The summed E-state index contributed by atoms with van der Waals surface area (Å²) in [6, 6.07) is 6.28. The van der Waals surface area contributed by atoms with Crippen LogP contribution in [-0.4, -0.2) is 32.2 Å². The predicted molar refractivity (Wildman–Crippen MR) is 78.7 cm³/mol. The van der Waals surface area contributed by atoms with Gasteiger partial charge < -0.3 is 15.2 Å². The number of aromatic amines is 1. The van der Waals surface area contributed by atoms with Crippen LogP contribution in [0.2, 0.25) is 0 Å². The van der Waals surface area contributed by atoms with Gasteiger partial charge in [0.05, 0.1) is 6.10 Å². The molecule has 0 saturated carbocycles. The maximum Gasteiger partial charge on any atom is 0.189 e. The van der Waals surface area contributed by atoms with Crippen LogP contribution < -0.4 is 5.43 Å². The highest BCUT2D eigenvalue weighted by molar-refractivity contribution is 8.13. The Morgan fingerprint density at radius 3 is 2.80 bits per heavy atom. The number of hydrogen-bond donors (Lipinski definition) is 3. The molecule has 0 aliphatic rings. The van der Waals surface area contributed by atoms with Crippen molar-refractivity contribution in [3.63, 3.8) is 0 Å². The predicted octanol–water partition coefficient (Wildman–Crippen LogP) is 1.20. The minimum atomic E-state index is -1.13. The van der Waals surface area contributed by atoms with Gasteiger partial charge >= 0.3 is 0 Å². The lowest BCUT2D eigenvalue weighted by Gasteiger charge is -2.17. The maximum atomic E-state index is 11.7. The summed E-state index contributed by atoms with van der Waals surface area (Å²) in [4.78, 5) is 25.5. The van der Waals surface area contributed by atoms with Crippen LogP contribution in [0, 0.1) is 0 Å². The van der Waals surface area contributed by atoms with Gasteiger partial charge in [0.1, 0.15) is 6.10 Å². The number of nitrogens with one attached hydrogen (secondary N) is 1. The third kappa shape index (κ3) is 3.27. The Balaban J connectivity index is 2.26. The van der Waals surface area contributed by atoms with Gasteiger partial charge in [-0.15, -0.1) is 0 Å². The lowest BCUT2D eigenvalue weighted by molar-refractivity contribution is -0.109. The van der Waals surface area contributed by atoms with Crippen LogP contribution in [-0.2, 0) is 4.79 Å². The van der Waals surface area contributed by atoms with Crippen molar-refractivity contribution in [2.45, 2.75) is 19.1 Å². The number of hydrogen-bond acceptors (Lipinski definition) is 5. The van der Waals surface area contributed by atoms with Crippen molar-refractivity contribution in [3.8, 4) is 0 Å². The molecule has 0 saturated heterocycles. The average Bonchev–Trinajstić information content (AvgIpc) is 2.44. The van der Waals surface area contributed by atoms with Crippen molar-refractivity contribution in [2.24, 2.45) is 0 Å². The van der Waals surface area contributed by atoms with Gasteiger partial charge in [-0.1, -0.05) is 17.8 Å². The molecule has 0 aliphatic carbocycles. The zero-order valence-electron chi connectivity index (χ0n) is 10.9. The second-order valence-electron chi connectivity index (χ2n) is 4.46. The number of H-pyrrole nitrogens is 1. The molecule has 0 radical (unpaired) electrons. The molecule has 2 rings (SSSR count). The van der Waals surface area contributed by atoms with Gasteiger partial charge in [0.2, 0.25) is 0 Å². The Kier molecular flexibility index (Phi) is 4.59. The summed E-state index contributed by atoms with van der Waals surface area (Å²) >= 11 is 0.952. The monoisotopic (exact) mass is 293 g/mol. The van der Waals surface area contributed by atoms with E-state index >= 15 is 0 Å². The average molecular weight is 293 g/mol. The Bertz CT molecular complexity index is 682. The van der Waals surface area contributed by atoms with Gasteiger partial charge in [-0.05, 0) is 17.7 Å². The second-order valence-corrected chi connectivity index (χ2v) is 5.66. The number of aliphatic hydroxyl groups is 2. The fourth-order valence-electron chi connectivity index (χ4n) is 1.89. The van der Waals surface area contributed by atoms with E-state index in [4.69, 9.17) is 0 Å². The number of fused-ring (bicyclic) bond motifs is 1. The number of carbonyl (C=O) groups is 1.